The van der Waals surface area contributed by atoms with Crippen LogP contribution in [0.5, 0.6) is 0 Å². The normalized spacial score (nSPS) is 31.4. The molecule has 0 aliphatic heterocycles. The first-order valence-corrected chi connectivity index (χ1v) is 9.71. The van der Waals surface area contributed by atoms with Gasteiger partial charge in [-0.2, -0.15) is 0 Å². The van der Waals surface area contributed by atoms with Crippen LogP contribution in [0.1, 0.15) is 59.8 Å². The van der Waals surface area contributed by atoms with Gasteiger partial charge in [0.25, 0.3) is 0 Å². The lowest BCUT2D eigenvalue weighted by molar-refractivity contribution is -0.883. The van der Waals surface area contributed by atoms with Gasteiger partial charge in [0.15, 0.2) is 6.54 Å². The van der Waals surface area contributed by atoms with Gasteiger partial charge in [0.05, 0.1) is 33.4 Å². The molecule has 2 fully saturated rings. The minimum atomic E-state index is -0.0959. The summed E-state index contributed by atoms with van der Waals surface area (Å²) in [5.74, 6) is 0.713. The van der Waals surface area contributed by atoms with Crippen molar-refractivity contribution < 1.29 is 18.8 Å². The van der Waals surface area contributed by atoms with Gasteiger partial charge in [-0.3, -0.25) is 0 Å². The fourth-order valence-electron chi connectivity index (χ4n) is 4.63. The Kier molecular flexibility index (Phi) is 6.02. The molecule has 24 heavy (non-hydrogen) atoms. The van der Waals surface area contributed by atoms with E-state index >= 15 is 0 Å². The van der Waals surface area contributed by atoms with Gasteiger partial charge in [0.1, 0.15) is 6.54 Å². The van der Waals surface area contributed by atoms with E-state index in [2.05, 4.69) is 41.8 Å². The van der Waals surface area contributed by atoms with E-state index in [1.807, 2.05) is 0 Å². The van der Waals surface area contributed by atoms with Gasteiger partial charge < -0.3 is 14.0 Å². The third kappa shape index (κ3) is 3.96. The molecule has 0 spiro atoms. The van der Waals surface area contributed by atoms with Crippen LogP contribution in [0.15, 0.2) is 0 Å². The largest absolute Gasteiger partial charge is 0.462 e. The first-order valence-electron chi connectivity index (χ1n) is 9.71. The van der Waals surface area contributed by atoms with Crippen molar-refractivity contribution in [1.82, 2.24) is 0 Å². The van der Waals surface area contributed by atoms with Crippen LogP contribution in [-0.4, -0.2) is 57.0 Å². The summed E-state index contributed by atoms with van der Waals surface area (Å²) in [7, 11) is 4.16. The van der Waals surface area contributed by atoms with Crippen LogP contribution in [0.3, 0.4) is 0 Å². The number of hydrogen-bond acceptors (Lipinski definition) is 3. The average molecular weight is 341 g/mol. The third-order valence-electron chi connectivity index (χ3n) is 7.05. The highest BCUT2D eigenvalue weighted by Crippen LogP contribution is 2.66. The molecule has 4 nitrogen and oxygen atoms in total. The van der Waals surface area contributed by atoms with E-state index in [0.717, 1.165) is 31.9 Å². The van der Waals surface area contributed by atoms with Crippen molar-refractivity contribution in [3.8, 4) is 0 Å². The van der Waals surface area contributed by atoms with Gasteiger partial charge in [0.2, 0.25) is 0 Å². The van der Waals surface area contributed by atoms with Gasteiger partial charge in [-0.05, 0) is 42.4 Å². The number of ether oxygens (including phenoxy) is 2. The molecule has 0 unspecified atom stereocenters. The highest BCUT2D eigenvalue weighted by molar-refractivity contribution is 5.70. The molecule has 0 amide bonds. The number of esters is 1. The van der Waals surface area contributed by atoms with Crippen molar-refractivity contribution in [3.05, 3.63) is 0 Å². The summed E-state index contributed by atoms with van der Waals surface area (Å²) in [5.41, 5.74) is 0.707. The quantitative estimate of drug-likeness (QED) is 0.365. The third-order valence-corrected chi connectivity index (χ3v) is 7.05. The zero-order valence-corrected chi connectivity index (χ0v) is 16.7. The fraction of sp³-hybridized carbons (Fsp3) is 0.950. The van der Waals surface area contributed by atoms with Crippen molar-refractivity contribution >= 4 is 5.97 Å². The number of likely N-dealkylation sites (N-methyl/N-ethyl adjacent to an activating group) is 1. The molecule has 2 aliphatic rings. The van der Waals surface area contributed by atoms with E-state index in [1.165, 1.54) is 19.3 Å². The lowest BCUT2D eigenvalue weighted by atomic mass is 9.70. The summed E-state index contributed by atoms with van der Waals surface area (Å²) >= 11 is 0. The van der Waals surface area contributed by atoms with Gasteiger partial charge in [0, 0.05) is 0 Å². The molecule has 3 atom stereocenters. The van der Waals surface area contributed by atoms with E-state index in [9.17, 15) is 4.79 Å². The smallest absolute Gasteiger partial charge is 0.361 e. The van der Waals surface area contributed by atoms with Crippen molar-refractivity contribution in [2.24, 2.45) is 16.7 Å². The second-order valence-corrected chi connectivity index (χ2v) is 9.36. The van der Waals surface area contributed by atoms with Crippen molar-refractivity contribution in [2.45, 2.75) is 65.9 Å². The van der Waals surface area contributed by atoms with E-state index in [4.69, 9.17) is 9.47 Å². The molecule has 0 aromatic rings. The first kappa shape index (κ1) is 19.7. The second kappa shape index (κ2) is 7.33. The summed E-state index contributed by atoms with van der Waals surface area (Å²) in [6.07, 6.45) is 6.22. The number of carbonyl (C=O) groups is 1. The molecule has 0 saturated heterocycles. The van der Waals surface area contributed by atoms with Crippen LogP contribution in [0, 0.1) is 16.7 Å². The van der Waals surface area contributed by atoms with Gasteiger partial charge >= 0.3 is 5.97 Å². The first-order chi connectivity index (χ1) is 11.1. The molecule has 0 aromatic heterocycles. The highest BCUT2D eigenvalue weighted by Gasteiger charge is 2.61. The summed E-state index contributed by atoms with van der Waals surface area (Å²) < 4.78 is 12.2. The average Bonchev–Trinajstić information content (AvgIpc) is 2.80. The molecule has 4 heteroatoms. The summed E-state index contributed by atoms with van der Waals surface area (Å²) in [6, 6.07) is 0. The Morgan fingerprint density at radius 2 is 1.92 bits per heavy atom. The number of carbonyl (C=O) groups excluding carboxylic acids is 1. The molecule has 0 radical (unpaired) electrons. The van der Waals surface area contributed by atoms with E-state index in [1.54, 1.807) is 0 Å². The molecule has 0 N–H and O–H groups in total. The zero-order chi connectivity index (χ0) is 18.0. The summed E-state index contributed by atoms with van der Waals surface area (Å²) in [6.45, 7) is 11.9. The van der Waals surface area contributed by atoms with Crippen LogP contribution >= 0.6 is 0 Å². The fourth-order valence-corrected chi connectivity index (χ4v) is 4.63. The molecule has 2 rings (SSSR count). The number of quaternary nitrogens is 1. The predicted molar refractivity (Wildman–Crippen MR) is 96.7 cm³/mol. The molecule has 2 bridgehead atoms. The Morgan fingerprint density at radius 3 is 2.46 bits per heavy atom. The Labute approximate surface area is 148 Å². The van der Waals surface area contributed by atoms with E-state index < -0.39 is 0 Å². The van der Waals surface area contributed by atoms with Crippen LogP contribution in [0.25, 0.3) is 0 Å². The number of rotatable bonds is 9. The summed E-state index contributed by atoms with van der Waals surface area (Å²) in [5, 5.41) is 0. The Morgan fingerprint density at radius 1 is 1.21 bits per heavy atom. The molecular formula is C20H38NO3+. The SMILES string of the molecule is CCCCOC(=O)C[N+](C)(C)CCO[C@@H]1C[C@H]2CC[C@]1(C)C2(C)C. The molecule has 0 heterocycles. The molecule has 0 aromatic carbocycles. The summed E-state index contributed by atoms with van der Waals surface area (Å²) in [4.78, 5) is 11.9. The molecule has 2 aliphatic carbocycles. The van der Waals surface area contributed by atoms with Crippen LogP contribution in [0.4, 0.5) is 0 Å². The minimum absolute atomic E-state index is 0.0959. The Balaban J connectivity index is 1.74. The lowest BCUT2D eigenvalue weighted by Gasteiger charge is -2.39. The number of hydrogen-bond donors (Lipinski definition) is 0. The number of nitrogens with zero attached hydrogens (tertiary/aromatic N) is 1. The number of fused-ring (bicyclic) bond motifs is 2. The van der Waals surface area contributed by atoms with Crippen LogP contribution in [0.2, 0.25) is 0 Å². The minimum Gasteiger partial charge on any atom is -0.462 e. The number of unbranched alkanes of at least 4 members (excludes halogenated alkanes) is 1. The second-order valence-electron chi connectivity index (χ2n) is 9.36. The van der Waals surface area contributed by atoms with Crippen molar-refractivity contribution in [1.29, 1.82) is 0 Å². The molecular weight excluding hydrogens is 302 g/mol. The predicted octanol–water partition coefficient (Wildman–Crippen LogP) is 3.64. The molecule has 2 saturated carbocycles. The topological polar surface area (TPSA) is 35.5 Å². The molecule has 140 valence electrons. The lowest BCUT2D eigenvalue weighted by Crippen LogP contribution is -2.47. The zero-order valence-electron chi connectivity index (χ0n) is 16.7. The van der Waals surface area contributed by atoms with Gasteiger partial charge in [-0.25, -0.2) is 4.79 Å². The van der Waals surface area contributed by atoms with Gasteiger partial charge in [-0.15, -0.1) is 0 Å². The van der Waals surface area contributed by atoms with E-state index in [-0.39, 0.29) is 5.97 Å². The monoisotopic (exact) mass is 340 g/mol. The Bertz CT molecular complexity index is 446. The van der Waals surface area contributed by atoms with Crippen molar-refractivity contribution in [3.63, 3.8) is 0 Å². The van der Waals surface area contributed by atoms with Crippen LogP contribution < -0.4 is 0 Å². The standard InChI is InChI=1S/C20H38NO3/c1-7-8-12-24-18(22)15-21(5,6)11-13-23-17-14-16-9-10-20(17,4)19(16,2)3/h16-17H,7-15H2,1-6H3/q+1/t16-,17-,20+/m1/s1. The van der Waals surface area contributed by atoms with Crippen molar-refractivity contribution in [2.75, 3.05) is 40.4 Å². The van der Waals surface area contributed by atoms with Gasteiger partial charge in [-0.1, -0.05) is 34.1 Å². The maximum Gasteiger partial charge on any atom is 0.361 e. The maximum atomic E-state index is 11.9. The maximum absolute atomic E-state index is 11.9. The Hall–Kier alpha value is -0.610. The van der Waals surface area contributed by atoms with E-state index in [0.29, 0.717) is 34.6 Å². The highest BCUT2D eigenvalue weighted by atomic mass is 16.5. The van der Waals surface area contributed by atoms with Crippen LogP contribution in [-0.2, 0) is 14.3 Å².